The van der Waals surface area contributed by atoms with Crippen molar-refractivity contribution in [3.05, 3.63) is 11.6 Å². The molecule has 0 aromatic carbocycles. The number of hydrogen-bond donors (Lipinski definition) is 1. The second kappa shape index (κ2) is 4.08. The second-order valence-corrected chi connectivity index (χ2v) is 4.52. The molecule has 0 fully saturated rings. The van der Waals surface area contributed by atoms with E-state index in [1.165, 1.54) is 13.1 Å². The van der Waals surface area contributed by atoms with Gasteiger partial charge in [0.05, 0.1) is 5.41 Å². The van der Waals surface area contributed by atoms with E-state index in [2.05, 4.69) is 5.32 Å². The Morgan fingerprint density at radius 1 is 1.44 bits per heavy atom. The lowest BCUT2D eigenvalue weighted by Crippen LogP contribution is -2.46. The van der Waals surface area contributed by atoms with Crippen molar-refractivity contribution in [2.75, 3.05) is 13.6 Å². The Morgan fingerprint density at radius 3 is 2.38 bits per heavy atom. The molecule has 0 atom stereocenters. The van der Waals surface area contributed by atoms with Crippen molar-refractivity contribution in [3.63, 3.8) is 0 Å². The predicted octanol–water partition coefficient (Wildman–Crippen LogP) is 0.0737. The summed E-state index contributed by atoms with van der Waals surface area (Å²) in [4.78, 5) is 35.7. The summed E-state index contributed by atoms with van der Waals surface area (Å²) in [6, 6.07) is 0. The molecular weight excluding hydrogens is 208 g/mol. The lowest BCUT2D eigenvalue weighted by atomic mass is 9.91. The van der Waals surface area contributed by atoms with E-state index in [-0.39, 0.29) is 24.3 Å². The van der Waals surface area contributed by atoms with Gasteiger partial charge in [0.25, 0.3) is 11.8 Å². The molecule has 1 heterocycles. The molecule has 3 amide bonds. The number of nitrogens with one attached hydrogen (secondary N) is 1. The maximum absolute atomic E-state index is 11.6. The van der Waals surface area contributed by atoms with E-state index >= 15 is 0 Å². The summed E-state index contributed by atoms with van der Waals surface area (Å²) in [6.07, 6.45) is 1.29. The van der Waals surface area contributed by atoms with Gasteiger partial charge >= 0.3 is 0 Å². The largest absolute Gasteiger partial charge is 0.359 e. The van der Waals surface area contributed by atoms with Gasteiger partial charge < -0.3 is 5.32 Å². The lowest BCUT2D eigenvalue weighted by Gasteiger charge is -2.27. The quantitative estimate of drug-likeness (QED) is 0.690. The molecule has 16 heavy (non-hydrogen) atoms. The average molecular weight is 224 g/mol. The summed E-state index contributed by atoms with van der Waals surface area (Å²) in [5.74, 6) is -0.862. The van der Waals surface area contributed by atoms with E-state index in [1.807, 2.05) is 0 Å². The zero-order valence-corrected chi connectivity index (χ0v) is 9.96. The number of rotatable bonds is 3. The van der Waals surface area contributed by atoms with E-state index in [1.54, 1.807) is 20.8 Å². The van der Waals surface area contributed by atoms with E-state index in [0.717, 1.165) is 4.90 Å². The van der Waals surface area contributed by atoms with Gasteiger partial charge in [-0.1, -0.05) is 0 Å². The van der Waals surface area contributed by atoms with E-state index < -0.39 is 5.41 Å². The molecule has 0 saturated carbocycles. The second-order valence-electron chi connectivity index (χ2n) is 4.52. The van der Waals surface area contributed by atoms with Crippen molar-refractivity contribution >= 4 is 17.7 Å². The molecule has 0 aliphatic carbocycles. The third-order valence-corrected chi connectivity index (χ3v) is 2.58. The lowest BCUT2D eigenvalue weighted by molar-refractivity contribution is -0.141. The van der Waals surface area contributed by atoms with Crippen LogP contribution in [0.15, 0.2) is 11.6 Å². The molecule has 1 aliphatic rings. The summed E-state index contributed by atoms with van der Waals surface area (Å²) >= 11 is 0. The molecule has 88 valence electrons. The van der Waals surface area contributed by atoms with Gasteiger partial charge in [-0.15, -0.1) is 0 Å². The molecule has 1 rings (SSSR count). The fraction of sp³-hybridized carbons (Fsp3) is 0.545. The minimum Gasteiger partial charge on any atom is -0.359 e. The van der Waals surface area contributed by atoms with Gasteiger partial charge in [0.15, 0.2) is 0 Å². The number of carbonyl (C=O) groups is 3. The average Bonchev–Trinajstić information content (AvgIpc) is 2.43. The summed E-state index contributed by atoms with van der Waals surface area (Å²) in [5.41, 5.74) is -0.365. The topological polar surface area (TPSA) is 66.5 Å². The standard InChI is InChI=1S/C11H16N2O3/c1-7-5-8(14)13(9(7)15)6-11(2,3)10(16)12-4/h5H,6H2,1-4H3,(H,12,16). The first kappa shape index (κ1) is 12.4. The molecule has 1 aliphatic heterocycles. The van der Waals surface area contributed by atoms with E-state index in [4.69, 9.17) is 0 Å². The minimum atomic E-state index is -0.779. The van der Waals surface area contributed by atoms with Gasteiger partial charge in [-0.05, 0) is 20.8 Å². The smallest absolute Gasteiger partial charge is 0.256 e. The van der Waals surface area contributed by atoms with Crippen molar-refractivity contribution in [3.8, 4) is 0 Å². The van der Waals surface area contributed by atoms with Gasteiger partial charge in [0.2, 0.25) is 5.91 Å². The Hall–Kier alpha value is -1.65. The monoisotopic (exact) mass is 224 g/mol. The maximum Gasteiger partial charge on any atom is 0.256 e. The molecule has 0 bridgehead atoms. The van der Waals surface area contributed by atoms with Crippen LogP contribution in [0.1, 0.15) is 20.8 Å². The van der Waals surface area contributed by atoms with Crippen LogP contribution in [0.25, 0.3) is 0 Å². The summed E-state index contributed by atoms with van der Waals surface area (Å²) in [5, 5.41) is 2.51. The van der Waals surface area contributed by atoms with Gasteiger partial charge in [0.1, 0.15) is 0 Å². The van der Waals surface area contributed by atoms with Crippen molar-refractivity contribution in [1.82, 2.24) is 10.2 Å². The van der Waals surface area contributed by atoms with E-state index in [9.17, 15) is 14.4 Å². The minimum absolute atomic E-state index is 0.0954. The summed E-state index contributed by atoms with van der Waals surface area (Å²) in [6.45, 7) is 5.07. The van der Waals surface area contributed by atoms with Gasteiger partial charge in [-0.25, -0.2) is 0 Å². The summed E-state index contributed by atoms with van der Waals surface area (Å²) < 4.78 is 0. The Kier molecular flexibility index (Phi) is 3.16. The first-order valence-corrected chi connectivity index (χ1v) is 5.06. The first-order chi connectivity index (χ1) is 7.29. The third kappa shape index (κ3) is 2.13. The molecule has 0 aromatic rings. The Morgan fingerprint density at radius 2 is 2.00 bits per heavy atom. The van der Waals surface area contributed by atoms with Crippen molar-refractivity contribution in [2.24, 2.45) is 5.41 Å². The molecular formula is C11H16N2O3. The van der Waals surface area contributed by atoms with Crippen LogP contribution in [0.3, 0.4) is 0 Å². The van der Waals surface area contributed by atoms with Crippen LogP contribution in [0.5, 0.6) is 0 Å². The molecule has 1 N–H and O–H groups in total. The Bertz CT molecular complexity index is 383. The number of imide groups is 1. The summed E-state index contributed by atoms with van der Waals surface area (Å²) in [7, 11) is 1.53. The zero-order valence-electron chi connectivity index (χ0n) is 9.96. The molecule has 0 aromatic heterocycles. The van der Waals surface area contributed by atoms with Crippen LogP contribution < -0.4 is 5.32 Å². The number of carbonyl (C=O) groups excluding carboxylic acids is 3. The highest BCUT2D eigenvalue weighted by molar-refractivity contribution is 6.16. The normalized spacial score (nSPS) is 16.5. The molecule has 5 nitrogen and oxygen atoms in total. The molecule has 0 saturated heterocycles. The highest BCUT2D eigenvalue weighted by Gasteiger charge is 2.36. The van der Waals surface area contributed by atoms with Crippen LogP contribution in [-0.4, -0.2) is 36.2 Å². The predicted molar refractivity (Wildman–Crippen MR) is 58.3 cm³/mol. The Labute approximate surface area is 94.5 Å². The van der Waals surface area contributed by atoms with Gasteiger partial charge in [0, 0.05) is 25.2 Å². The SMILES string of the molecule is CNC(=O)C(C)(C)CN1C(=O)C=C(C)C1=O. The van der Waals surface area contributed by atoms with Crippen molar-refractivity contribution in [2.45, 2.75) is 20.8 Å². The fourth-order valence-electron chi connectivity index (χ4n) is 1.59. The van der Waals surface area contributed by atoms with Crippen LogP contribution in [0.4, 0.5) is 0 Å². The zero-order chi connectivity index (χ0) is 12.5. The maximum atomic E-state index is 11.6. The first-order valence-electron chi connectivity index (χ1n) is 5.06. The fourth-order valence-corrected chi connectivity index (χ4v) is 1.59. The highest BCUT2D eigenvalue weighted by atomic mass is 16.2. The van der Waals surface area contributed by atoms with Crippen LogP contribution in [0.2, 0.25) is 0 Å². The molecule has 0 radical (unpaired) electrons. The molecule has 5 heteroatoms. The van der Waals surface area contributed by atoms with Gasteiger partial charge in [-0.2, -0.15) is 0 Å². The third-order valence-electron chi connectivity index (χ3n) is 2.58. The molecule has 0 spiro atoms. The highest BCUT2D eigenvalue weighted by Crippen LogP contribution is 2.21. The van der Waals surface area contributed by atoms with Crippen molar-refractivity contribution in [1.29, 1.82) is 0 Å². The molecule has 0 unspecified atom stereocenters. The Balaban J connectivity index is 2.80. The van der Waals surface area contributed by atoms with Crippen LogP contribution in [-0.2, 0) is 14.4 Å². The van der Waals surface area contributed by atoms with Crippen LogP contribution in [0, 0.1) is 5.41 Å². The van der Waals surface area contributed by atoms with Gasteiger partial charge in [-0.3, -0.25) is 19.3 Å². The number of hydrogen-bond acceptors (Lipinski definition) is 3. The van der Waals surface area contributed by atoms with Crippen molar-refractivity contribution < 1.29 is 14.4 Å². The van der Waals surface area contributed by atoms with E-state index in [0.29, 0.717) is 5.57 Å². The number of amides is 3. The number of nitrogens with zero attached hydrogens (tertiary/aromatic N) is 1. The van der Waals surface area contributed by atoms with Crippen LogP contribution >= 0.6 is 0 Å².